The summed E-state index contributed by atoms with van der Waals surface area (Å²) in [6.45, 7) is 6.05. The maximum absolute atomic E-state index is 12.6. The lowest BCUT2D eigenvalue weighted by Crippen LogP contribution is -2.47. The number of nitrogens with one attached hydrogen (secondary N) is 1. The Kier molecular flexibility index (Phi) is 6.23. The number of anilines is 3. The number of aromatic hydroxyl groups is 1. The minimum absolute atomic E-state index is 0.0548. The van der Waals surface area contributed by atoms with Crippen LogP contribution in [0.1, 0.15) is 23.7 Å². The van der Waals surface area contributed by atoms with Gasteiger partial charge in [0.25, 0.3) is 5.91 Å². The lowest BCUT2D eigenvalue weighted by atomic mass is 10.1. The molecular formula is C21H29N5O2. The van der Waals surface area contributed by atoms with E-state index < -0.39 is 0 Å². The zero-order valence-electron chi connectivity index (χ0n) is 16.9. The molecular weight excluding hydrogens is 354 g/mol. The van der Waals surface area contributed by atoms with Gasteiger partial charge in [-0.1, -0.05) is 19.1 Å². The van der Waals surface area contributed by atoms with Gasteiger partial charge in [-0.3, -0.25) is 9.78 Å². The fraction of sp³-hybridized carbons (Fsp3) is 0.429. The van der Waals surface area contributed by atoms with Gasteiger partial charge in [0.2, 0.25) is 0 Å². The number of carbonyl (C=O) groups is 1. The quantitative estimate of drug-likeness (QED) is 0.799. The van der Waals surface area contributed by atoms with Gasteiger partial charge < -0.3 is 25.1 Å². The molecule has 0 unspecified atom stereocenters. The van der Waals surface area contributed by atoms with Crippen LogP contribution in [0.15, 0.2) is 36.7 Å². The predicted molar refractivity (Wildman–Crippen MR) is 114 cm³/mol. The van der Waals surface area contributed by atoms with Gasteiger partial charge in [0, 0.05) is 53.0 Å². The number of hydrogen-bond acceptors (Lipinski definition) is 6. The van der Waals surface area contributed by atoms with Crippen LogP contribution >= 0.6 is 0 Å². The molecule has 7 nitrogen and oxygen atoms in total. The van der Waals surface area contributed by atoms with Gasteiger partial charge in [-0.25, -0.2) is 0 Å². The fourth-order valence-corrected chi connectivity index (χ4v) is 3.45. The van der Waals surface area contributed by atoms with Gasteiger partial charge in [-0.2, -0.15) is 0 Å². The second-order valence-electron chi connectivity index (χ2n) is 7.17. The second kappa shape index (κ2) is 8.82. The molecule has 0 spiro atoms. The molecule has 1 amide bonds. The van der Waals surface area contributed by atoms with E-state index in [1.54, 1.807) is 31.3 Å². The molecule has 1 aliphatic heterocycles. The number of hydrogen-bond donors (Lipinski definition) is 2. The van der Waals surface area contributed by atoms with E-state index >= 15 is 0 Å². The highest BCUT2D eigenvalue weighted by atomic mass is 16.3. The van der Waals surface area contributed by atoms with Crippen molar-refractivity contribution in [2.24, 2.45) is 0 Å². The number of rotatable bonds is 6. The number of piperazine rings is 1. The van der Waals surface area contributed by atoms with Crippen LogP contribution in [0, 0.1) is 0 Å². The van der Waals surface area contributed by atoms with E-state index in [-0.39, 0.29) is 5.91 Å². The Labute approximate surface area is 166 Å². The highest BCUT2D eigenvalue weighted by Gasteiger charge is 2.24. The zero-order chi connectivity index (χ0) is 20.1. The van der Waals surface area contributed by atoms with E-state index in [0.29, 0.717) is 11.3 Å². The van der Waals surface area contributed by atoms with Crippen molar-refractivity contribution in [3.8, 4) is 5.75 Å². The maximum Gasteiger partial charge on any atom is 0.257 e. The zero-order valence-corrected chi connectivity index (χ0v) is 16.9. The van der Waals surface area contributed by atoms with Crippen LogP contribution in [0.25, 0.3) is 0 Å². The molecule has 3 rings (SSSR count). The molecule has 1 fully saturated rings. The molecule has 1 aromatic carbocycles. The molecule has 2 heterocycles. The lowest BCUT2D eigenvalue weighted by molar-refractivity contribution is 0.0828. The summed E-state index contributed by atoms with van der Waals surface area (Å²) in [5.41, 5.74) is 3.27. The molecule has 0 aliphatic carbocycles. The number of amides is 1. The maximum atomic E-state index is 12.6. The summed E-state index contributed by atoms with van der Waals surface area (Å²) in [7, 11) is 3.51. The third-order valence-electron chi connectivity index (χ3n) is 4.96. The third-order valence-corrected chi connectivity index (χ3v) is 4.96. The van der Waals surface area contributed by atoms with Gasteiger partial charge in [-0.15, -0.1) is 0 Å². The Morgan fingerprint density at radius 3 is 2.36 bits per heavy atom. The van der Waals surface area contributed by atoms with Crippen molar-refractivity contribution in [2.75, 3.05) is 61.9 Å². The minimum atomic E-state index is -0.0548. The first-order valence-electron chi connectivity index (χ1n) is 9.74. The van der Waals surface area contributed by atoms with Crippen molar-refractivity contribution in [1.82, 2.24) is 9.88 Å². The van der Waals surface area contributed by atoms with E-state index in [1.165, 1.54) is 0 Å². The number of pyridine rings is 1. The molecule has 2 N–H and O–H groups in total. The number of phenolic OH excluding ortho intramolecular Hbond substituents is 1. The van der Waals surface area contributed by atoms with E-state index in [4.69, 9.17) is 0 Å². The van der Waals surface area contributed by atoms with Crippen molar-refractivity contribution in [3.63, 3.8) is 0 Å². The summed E-state index contributed by atoms with van der Waals surface area (Å²) >= 11 is 0. The van der Waals surface area contributed by atoms with Crippen LogP contribution < -0.4 is 15.1 Å². The van der Waals surface area contributed by atoms with E-state index in [2.05, 4.69) is 27.0 Å². The van der Waals surface area contributed by atoms with Crippen LogP contribution in [-0.4, -0.2) is 67.7 Å². The smallest absolute Gasteiger partial charge is 0.257 e. The first-order chi connectivity index (χ1) is 13.5. The van der Waals surface area contributed by atoms with Crippen molar-refractivity contribution >= 4 is 23.0 Å². The summed E-state index contributed by atoms with van der Waals surface area (Å²) < 4.78 is 0. The number of phenols is 1. The van der Waals surface area contributed by atoms with Crippen LogP contribution in [0.4, 0.5) is 17.1 Å². The molecule has 0 atom stereocenters. The van der Waals surface area contributed by atoms with Crippen LogP contribution in [0.2, 0.25) is 0 Å². The summed E-state index contributed by atoms with van der Waals surface area (Å²) in [5, 5.41) is 13.6. The minimum Gasteiger partial charge on any atom is -0.506 e. The molecule has 0 radical (unpaired) electrons. The van der Waals surface area contributed by atoms with Gasteiger partial charge in [0.1, 0.15) is 5.75 Å². The van der Waals surface area contributed by atoms with E-state index in [0.717, 1.165) is 56.2 Å². The highest BCUT2D eigenvalue weighted by molar-refractivity contribution is 6.02. The summed E-state index contributed by atoms with van der Waals surface area (Å²) in [5.74, 6) is 0.252. The molecule has 1 aromatic heterocycles. The predicted octanol–water partition coefficient (Wildman–Crippen LogP) is 2.64. The topological polar surface area (TPSA) is 71.9 Å². The summed E-state index contributed by atoms with van der Waals surface area (Å²) in [6, 6.07) is 7.43. The van der Waals surface area contributed by atoms with Crippen molar-refractivity contribution < 1.29 is 9.90 Å². The largest absolute Gasteiger partial charge is 0.506 e. The molecule has 28 heavy (non-hydrogen) atoms. The fourth-order valence-electron chi connectivity index (χ4n) is 3.45. The molecule has 2 aromatic rings. The molecule has 0 saturated carbocycles. The first-order valence-corrected chi connectivity index (χ1v) is 9.74. The standard InChI is InChI=1S/C21H29N5O2/c1-4-9-23-20-16(21(28)24(2)3)14-22-15-18(20)26-12-10-25(11-13-26)17-7-5-6-8-19(17)27/h5-8,14-15,27H,4,9-13H2,1-3H3,(H,22,23). The Morgan fingerprint density at radius 2 is 1.75 bits per heavy atom. The lowest BCUT2D eigenvalue weighted by Gasteiger charge is -2.38. The Hall–Kier alpha value is -2.96. The number of nitrogens with zero attached hydrogens (tertiary/aromatic N) is 4. The normalized spacial score (nSPS) is 14.1. The molecule has 1 aliphatic rings. The average Bonchev–Trinajstić information content (AvgIpc) is 2.72. The van der Waals surface area contributed by atoms with Crippen molar-refractivity contribution in [3.05, 3.63) is 42.2 Å². The summed E-state index contributed by atoms with van der Waals surface area (Å²) in [6.07, 6.45) is 4.45. The summed E-state index contributed by atoms with van der Waals surface area (Å²) in [4.78, 5) is 23.0. The third kappa shape index (κ3) is 4.13. The van der Waals surface area contributed by atoms with Crippen LogP contribution in [-0.2, 0) is 0 Å². The van der Waals surface area contributed by atoms with Crippen LogP contribution in [0.3, 0.4) is 0 Å². The molecule has 150 valence electrons. The van der Waals surface area contributed by atoms with Gasteiger partial charge in [0.15, 0.2) is 0 Å². The average molecular weight is 383 g/mol. The SMILES string of the molecule is CCCNc1c(C(=O)N(C)C)cncc1N1CCN(c2ccccc2O)CC1. The first kappa shape index (κ1) is 19.8. The van der Waals surface area contributed by atoms with E-state index in [9.17, 15) is 9.90 Å². The second-order valence-corrected chi connectivity index (χ2v) is 7.17. The molecule has 1 saturated heterocycles. The van der Waals surface area contributed by atoms with E-state index in [1.807, 2.05) is 24.4 Å². The highest BCUT2D eigenvalue weighted by Crippen LogP contribution is 2.32. The number of benzene rings is 1. The van der Waals surface area contributed by atoms with Crippen molar-refractivity contribution in [1.29, 1.82) is 0 Å². The molecule has 7 heteroatoms. The number of para-hydroxylation sites is 2. The molecule has 0 bridgehead atoms. The van der Waals surface area contributed by atoms with Gasteiger partial charge >= 0.3 is 0 Å². The van der Waals surface area contributed by atoms with Crippen molar-refractivity contribution in [2.45, 2.75) is 13.3 Å². The van der Waals surface area contributed by atoms with Gasteiger partial charge in [0.05, 0.1) is 28.8 Å². The monoisotopic (exact) mass is 383 g/mol. The Morgan fingerprint density at radius 1 is 1.11 bits per heavy atom. The number of carbonyl (C=O) groups excluding carboxylic acids is 1. The number of aromatic nitrogens is 1. The van der Waals surface area contributed by atoms with Crippen LogP contribution in [0.5, 0.6) is 5.75 Å². The van der Waals surface area contributed by atoms with Gasteiger partial charge in [-0.05, 0) is 18.6 Å². The Balaban J connectivity index is 1.83. The Bertz CT molecular complexity index is 816.